The normalized spacial score (nSPS) is 32.5. The Morgan fingerprint density at radius 3 is 2.74 bits per heavy atom. The van der Waals surface area contributed by atoms with Crippen molar-refractivity contribution < 1.29 is 13.2 Å². The van der Waals surface area contributed by atoms with E-state index in [2.05, 4.69) is 17.3 Å². The molecular formula is C19H30N4O3S. The van der Waals surface area contributed by atoms with Crippen LogP contribution in [0.1, 0.15) is 45.4 Å². The third-order valence-corrected chi connectivity index (χ3v) is 8.70. The molecule has 0 spiro atoms. The molecule has 7 nitrogen and oxygen atoms in total. The van der Waals surface area contributed by atoms with Crippen molar-refractivity contribution in [3.8, 4) is 0 Å². The molecule has 2 bridgehead atoms. The van der Waals surface area contributed by atoms with Gasteiger partial charge in [0.05, 0.1) is 12.1 Å². The van der Waals surface area contributed by atoms with Gasteiger partial charge in [0, 0.05) is 32.4 Å². The highest BCUT2D eigenvalue weighted by Gasteiger charge is 2.43. The van der Waals surface area contributed by atoms with Gasteiger partial charge in [-0.2, -0.15) is 9.40 Å². The first-order valence-corrected chi connectivity index (χ1v) is 11.6. The molecular weight excluding hydrogens is 364 g/mol. The van der Waals surface area contributed by atoms with Crippen molar-refractivity contribution in [2.75, 3.05) is 13.1 Å². The van der Waals surface area contributed by atoms with Crippen molar-refractivity contribution in [2.45, 2.75) is 56.4 Å². The third kappa shape index (κ3) is 3.66. The van der Waals surface area contributed by atoms with Gasteiger partial charge in [0.2, 0.25) is 15.9 Å². The predicted octanol–water partition coefficient (Wildman–Crippen LogP) is 1.76. The Labute approximate surface area is 161 Å². The molecule has 2 aliphatic carbocycles. The fourth-order valence-electron chi connectivity index (χ4n) is 5.41. The number of aryl methyl sites for hydroxylation is 1. The van der Waals surface area contributed by atoms with E-state index < -0.39 is 10.0 Å². The Balaban J connectivity index is 1.38. The minimum atomic E-state index is -3.59. The molecule has 150 valence electrons. The van der Waals surface area contributed by atoms with Crippen molar-refractivity contribution in [2.24, 2.45) is 30.7 Å². The molecule has 1 amide bonds. The summed E-state index contributed by atoms with van der Waals surface area (Å²) in [6, 6.07) is 0.179. The first-order chi connectivity index (χ1) is 12.8. The zero-order chi connectivity index (χ0) is 19.2. The summed E-state index contributed by atoms with van der Waals surface area (Å²) in [6.45, 7) is 2.84. The van der Waals surface area contributed by atoms with Crippen molar-refractivity contribution in [3.63, 3.8) is 0 Å². The predicted molar refractivity (Wildman–Crippen MR) is 101 cm³/mol. The van der Waals surface area contributed by atoms with Gasteiger partial charge in [-0.1, -0.05) is 6.42 Å². The minimum Gasteiger partial charge on any atom is -0.353 e. The fraction of sp³-hybridized carbons (Fsp3) is 0.789. The van der Waals surface area contributed by atoms with Crippen LogP contribution in [0.15, 0.2) is 17.3 Å². The van der Waals surface area contributed by atoms with Gasteiger partial charge in [0.15, 0.2) is 0 Å². The second-order valence-electron chi connectivity index (χ2n) is 8.69. The van der Waals surface area contributed by atoms with Gasteiger partial charge in [0.1, 0.15) is 4.90 Å². The van der Waals surface area contributed by atoms with Crippen molar-refractivity contribution >= 4 is 15.9 Å². The van der Waals surface area contributed by atoms with Crippen LogP contribution in [-0.4, -0.2) is 47.5 Å². The third-order valence-electron chi connectivity index (χ3n) is 6.88. The standard InChI is InChI=1S/C19H30N4O3S/c1-13(18-9-14-5-6-15(18)8-14)21-19(24)16-4-3-7-23(11-16)27(25,26)17-10-20-22(2)12-17/h10,12-16,18H,3-9,11H2,1-2H3,(H,21,24)/t13-,14-,15-,16+,18-/m0/s1. The molecule has 8 heteroatoms. The summed E-state index contributed by atoms with van der Waals surface area (Å²) in [5, 5.41) is 7.18. The molecule has 1 N–H and O–H groups in total. The number of nitrogens with zero attached hydrogens (tertiary/aromatic N) is 3. The van der Waals surface area contributed by atoms with Crippen LogP contribution in [0.4, 0.5) is 0 Å². The quantitative estimate of drug-likeness (QED) is 0.825. The van der Waals surface area contributed by atoms with Crippen molar-refractivity contribution in [1.29, 1.82) is 0 Å². The average molecular weight is 395 g/mol. The summed E-state index contributed by atoms with van der Waals surface area (Å²) in [6.07, 6.45) is 9.55. The fourth-order valence-corrected chi connectivity index (χ4v) is 6.92. The number of carbonyl (C=O) groups is 1. The number of hydrogen-bond donors (Lipinski definition) is 1. The number of aromatic nitrogens is 2. The van der Waals surface area contributed by atoms with E-state index in [4.69, 9.17) is 0 Å². The molecule has 0 aromatic carbocycles. The molecule has 0 unspecified atom stereocenters. The monoisotopic (exact) mass is 394 g/mol. The molecule has 1 saturated heterocycles. The highest BCUT2D eigenvalue weighted by Crippen LogP contribution is 2.49. The highest BCUT2D eigenvalue weighted by atomic mass is 32.2. The zero-order valence-electron chi connectivity index (χ0n) is 16.2. The summed E-state index contributed by atoms with van der Waals surface area (Å²) >= 11 is 0. The largest absolute Gasteiger partial charge is 0.353 e. The van der Waals surface area contributed by atoms with E-state index in [0.29, 0.717) is 18.9 Å². The smallest absolute Gasteiger partial charge is 0.246 e. The molecule has 2 heterocycles. The lowest BCUT2D eigenvalue weighted by Crippen LogP contribution is -2.48. The van der Waals surface area contributed by atoms with Gasteiger partial charge in [-0.25, -0.2) is 8.42 Å². The molecule has 1 aliphatic heterocycles. The number of rotatable bonds is 5. The van der Waals surface area contributed by atoms with Crippen LogP contribution in [0.5, 0.6) is 0 Å². The lowest BCUT2D eigenvalue weighted by Gasteiger charge is -2.33. The summed E-state index contributed by atoms with van der Waals surface area (Å²) in [7, 11) is -1.89. The minimum absolute atomic E-state index is 0.0105. The summed E-state index contributed by atoms with van der Waals surface area (Å²) in [5.41, 5.74) is 0. The second kappa shape index (κ2) is 7.20. The zero-order valence-corrected chi connectivity index (χ0v) is 17.0. The Morgan fingerprint density at radius 1 is 1.30 bits per heavy atom. The topological polar surface area (TPSA) is 84.3 Å². The number of amides is 1. The van der Waals surface area contributed by atoms with E-state index >= 15 is 0 Å². The molecule has 2 saturated carbocycles. The van der Waals surface area contributed by atoms with Crippen LogP contribution < -0.4 is 5.32 Å². The SMILES string of the molecule is C[C@H](NC(=O)[C@@H]1CCCN(S(=O)(=O)c2cnn(C)c2)C1)[C@@H]1C[C@H]2CC[C@H]1C2. The van der Waals surface area contributed by atoms with Gasteiger partial charge < -0.3 is 5.32 Å². The lowest BCUT2D eigenvalue weighted by atomic mass is 9.83. The van der Waals surface area contributed by atoms with Crippen molar-refractivity contribution in [3.05, 3.63) is 12.4 Å². The van der Waals surface area contributed by atoms with Crippen LogP contribution in [0.25, 0.3) is 0 Å². The second-order valence-corrected chi connectivity index (χ2v) is 10.6. The number of nitrogens with one attached hydrogen (secondary N) is 1. The average Bonchev–Trinajstić information content (AvgIpc) is 3.38. The van der Waals surface area contributed by atoms with Gasteiger partial charge in [-0.15, -0.1) is 0 Å². The molecule has 5 atom stereocenters. The Kier molecular flexibility index (Phi) is 5.05. The molecule has 3 fully saturated rings. The first kappa shape index (κ1) is 18.9. The van der Waals surface area contributed by atoms with Gasteiger partial charge >= 0.3 is 0 Å². The van der Waals surface area contributed by atoms with E-state index in [1.807, 2.05) is 0 Å². The van der Waals surface area contributed by atoms with E-state index in [1.165, 1.54) is 47.1 Å². The van der Waals surface area contributed by atoms with Crippen LogP contribution in [0.3, 0.4) is 0 Å². The number of carbonyl (C=O) groups excluding carboxylic acids is 1. The van der Waals surface area contributed by atoms with E-state index in [1.54, 1.807) is 7.05 Å². The molecule has 27 heavy (non-hydrogen) atoms. The van der Waals surface area contributed by atoms with Gasteiger partial charge in [-0.05, 0) is 56.8 Å². The van der Waals surface area contributed by atoms with Crippen molar-refractivity contribution in [1.82, 2.24) is 19.4 Å². The van der Waals surface area contributed by atoms with E-state index in [0.717, 1.165) is 18.3 Å². The number of fused-ring (bicyclic) bond motifs is 2. The van der Waals surface area contributed by atoms with Gasteiger partial charge in [0.25, 0.3) is 0 Å². The van der Waals surface area contributed by atoms with Gasteiger partial charge in [-0.3, -0.25) is 9.48 Å². The highest BCUT2D eigenvalue weighted by molar-refractivity contribution is 7.89. The van der Waals surface area contributed by atoms with Crippen LogP contribution in [0, 0.1) is 23.7 Å². The van der Waals surface area contributed by atoms with Crippen LogP contribution >= 0.6 is 0 Å². The maximum absolute atomic E-state index is 12.8. The summed E-state index contributed by atoms with van der Waals surface area (Å²) in [5.74, 6) is 1.95. The maximum Gasteiger partial charge on any atom is 0.246 e. The number of piperidine rings is 1. The summed E-state index contributed by atoms with van der Waals surface area (Å²) in [4.78, 5) is 13.0. The Morgan fingerprint density at radius 2 is 2.11 bits per heavy atom. The Hall–Kier alpha value is -1.41. The molecule has 1 aromatic rings. The molecule has 0 radical (unpaired) electrons. The van der Waals surface area contributed by atoms with E-state index in [-0.39, 0.29) is 29.3 Å². The number of hydrogen-bond acceptors (Lipinski definition) is 4. The van der Waals surface area contributed by atoms with E-state index in [9.17, 15) is 13.2 Å². The summed E-state index contributed by atoms with van der Waals surface area (Å²) < 4.78 is 28.6. The lowest BCUT2D eigenvalue weighted by molar-refractivity contribution is -0.127. The molecule has 1 aromatic heterocycles. The number of sulfonamides is 1. The molecule has 3 aliphatic rings. The molecule has 4 rings (SSSR count). The van der Waals surface area contributed by atoms with Crippen LogP contribution in [0.2, 0.25) is 0 Å². The maximum atomic E-state index is 12.8. The van der Waals surface area contributed by atoms with Crippen LogP contribution in [-0.2, 0) is 21.9 Å². The Bertz CT molecular complexity index is 806. The first-order valence-electron chi connectivity index (χ1n) is 10.1.